The van der Waals surface area contributed by atoms with E-state index < -0.39 is 15.9 Å². The highest BCUT2D eigenvalue weighted by Crippen LogP contribution is 2.30. The number of rotatable bonds is 5. The zero-order chi connectivity index (χ0) is 15.6. The number of primary amides is 1. The van der Waals surface area contributed by atoms with Gasteiger partial charge in [-0.05, 0) is 43.5 Å². The molecule has 0 radical (unpaired) electrons. The topological polar surface area (TPSA) is 106 Å². The summed E-state index contributed by atoms with van der Waals surface area (Å²) in [6.07, 6.45) is 3.47. The number of anilines is 1. The molecule has 1 aliphatic rings. The molecule has 1 aromatic rings. The first-order valence-electron chi connectivity index (χ1n) is 6.98. The summed E-state index contributed by atoms with van der Waals surface area (Å²) in [5.41, 5.74) is 12.0. The van der Waals surface area contributed by atoms with E-state index in [1.54, 1.807) is 19.1 Å². The predicted molar refractivity (Wildman–Crippen MR) is 80.9 cm³/mol. The second-order valence-electron chi connectivity index (χ2n) is 5.48. The SMILES string of the molecule is Cc1cc(N)ccc1S(=O)(=O)N(CC(N)=O)C1CCCC1. The Kier molecular flexibility index (Phi) is 4.53. The number of hydrogen-bond acceptors (Lipinski definition) is 4. The number of hydrogen-bond donors (Lipinski definition) is 2. The third kappa shape index (κ3) is 3.36. The highest BCUT2D eigenvalue weighted by Gasteiger charge is 2.34. The van der Waals surface area contributed by atoms with Crippen LogP contribution in [0.5, 0.6) is 0 Å². The molecule has 0 unspecified atom stereocenters. The number of nitrogens with two attached hydrogens (primary N) is 2. The van der Waals surface area contributed by atoms with Crippen LogP contribution in [0.4, 0.5) is 5.69 Å². The van der Waals surface area contributed by atoms with E-state index in [1.807, 2.05) is 0 Å². The van der Waals surface area contributed by atoms with Gasteiger partial charge < -0.3 is 11.5 Å². The third-order valence-corrected chi connectivity index (χ3v) is 5.89. The van der Waals surface area contributed by atoms with Gasteiger partial charge in [-0.25, -0.2) is 8.42 Å². The molecule has 7 heteroatoms. The summed E-state index contributed by atoms with van der Waals surface area (Å²) in [5.74, 6) is -0.640. The van der Waals surface area contributed by atoms with Crippen LogP contribution in [0, 0.1) is 6.92 Å². The largest absolute Gasteiger partial charge is 0.399 e. The molecular formula is C14H21N3O3S. The number of amides is 1. The van der Waals surface area contributed by atoms with Crippen molar-refractivity contribution in [1.29, 1.82) is 0 Å². The summed E-state index contributed by atoms with van der Waals surface area (Å²) in [6.45, 7) is 1.41. The Hall–Kier alpha value is -1.60. The first-order chi connectivity index (χ1) is 9.82. The van der Waals surface area contributed by atoms with Gasteiger partial charge in [0.25, 0.3) is 0 Å². The van der Waals surface area contributed by atoms with E-state index in [4.69, 9.17) is 11.5 Å². The zero-order valence-corrected chi connectivity index (χ0v) is 12.9. The first kappa shape index (κ1) is 15.8. The standard InChI is InChI=1S/C14H21N3O3S/c1-10-8-11(15)6-7-13(10)21(19,20)17(9-14(16)18)12-4-2-3-5-12/h6-8,12H,2-5,9,15H2,1H3,(H2,16,18). The van der Waals surface area contributed by atoms with Crippen molar-refractivity contribution in [1.82, 2.24) is 4.31 Å². The first-order valence-corrected chi connectivity index (χ1v) is 8.42. The number of sulfonamides is 1. The summed E-state index contributed by atoms with van der Waals surface area (Å²) in [7, 11) is -3.75. The van der Waals surface area contributed by atoms with Crippen molar-refractivity contribution in [3.8, 4) is 0 Å². The van der Waals surface area contributed by atoms with Gasteiger partial charge in [-0.2, -0.15) is 4.31 Å². The Morgan fingerprint density at radius 3 is 2.48 bits per heavy atom. The van der Waals surface area contributed by atoms with Crippen LogP contribution in [-0.2, 0) is 14.8 Å². The van der Waals surface area contributed by atoms with E-state index in [0.717, 1.165) is 25.7 Å². The van der Waals surface area contributed by atoms with Crippen LogP contribution in [0.3, 0.4) is 0 Å². The van der Waals surface area contributed by atoms with Crippen molar-refractivity contribution in [2.24, 2.45) is 5.73 Å². The summed E-state index contributed by atoms with van der Waals surface area (Å²) in [6, 6.07) is 4.50. The lowest BCUT2D eigenvalue weighted by molar-refractivity contribution is -0.118. The summed E-state index contributed by atoms with van der Waals surface area (Å²) in [4.78, 5) is 11.5. The van der Waals surface area contributed by atoms with Gasteiger partial charge >= 0.3 is 0 Å². The molecule has 1 aromatic carbocycles. The highest BCUT2D eigenvalue weighted by molar-refractivity contribution is 7.89. The van der Waals surface area contributed by atoms with E-state index in [0.29, 0.717) is 11.3 Å². The van der Waals surface area contributed by atoms with E-state index in [2.05, 4.69) is 0 Å². The predicted octanol–water partition coefficient (Wildman–Crippen LogP) is 0.996. The number of nitrogen functional groups attached to an aromatic ring is 1. The lowest BCUT2D eigenvalue weighted by atomic mass is 10.2. The average Bonchev–Trinajstić information content (AvgIpc) is 2.88. The van der Waals surface area contributed by atoms with Gasteiger partial charge in [-0.3, -0.25) is 4.79 Å². The molecule has 0 aromatic heterocycles. The van der Waals surface area contributed by atoms with Gasteiger partial charge in [0.2, 0.25) is 15.9 Å². The van der Waals surface area contributed by atoms with Crippen LogP contribution in [-0.4, -0.2) is 31.2 Å². The second kappa shape index (κ2) is 6.03. The lowest BCUT2D eigenvalue weighted by Gasteiger charge is -2.27. The second-order valence-corrected chi connectivity index (χ2v) is 7.34. The fraction of sp³-hybridized carbons (Fsp3) is 0.500. The summed E-state index contributed by atoms with van der Waals surface area (Å²) < 4.78 is 27.0. The molecule has 0 saturated heterocycles. The van der Waals surface area contributed by atoms with Gasteiger partial charge in [-0.1, -0.05) is 12.8 Å². The number of nitrogens with zero attached hydrogens (tertiary/aromatic N) is 1. The van der Waals surface area contributed by atoms with Crippen LogP contribution in [0.25, 0.3) is 0 Å². The smallest absolute Gasteiger partial charge is 0.244 e. The summed E-state index contributed by atoms with van der Waals surface area (Å²) >= 11 is 0. The number of aryl methyl sites for hydroxylation is 1. The monoisotopic (exact) mass is 311 g/mol. The molecule has 4 N–H and O–H groups in total. The number of carbonyl (C=O) groups excluding carboxylic acids is 1. The van der Waals surface area contributed by atoms with Gasteiger partial charge in [-0.15, -0.1) is 0 Å². The molecule has 6 nitrogen and oxygen atoms in total. The van der Waals surface area contributed by atoms with Gasteiger partial charge in [0.05, 0.1) is 11.4 Å². The van der Waals surface area contributed by atoms with Crippen LogP contribution in [0.15, 0.2) is 23.1 Å². The van der Waals surface area contributed by atoms with Crippen molar-refractivity contribution < 1.29 is 13.2 Å². The van der Waals surface area contributed by atoms with Crippen LogP contribution >= 0.6 is 0 Å². The minimum Gasteiger partial charge on any atom is -0.399 e. The van der Waals surface area contributed by atoms with Crippen LogP contribution in [0.1, 0.15) is 31.2 Å². The Bertz CT molecular complexity index is 637. The number of carbonyl (C=O) groups is 1. The zero-order valence-electron chi connectivity index (χ0n) is 12.1. The Labute approximate surface area is 125 Å². The van der Waals surface area contributed by atoms with E-state index >= 15 is 0 Å². The van der Waals surface area contributed by atoms with Crippen molar-refractivity contribution in [2.75, 3.05) is 12.3 Å². The van der Waals surface area contributed by atoms with Crippen molar-refractivity contribution >= 4 is 21.6 Å². The van der Waals surface area contributed by atoms with Gasteiger partial charge in [0.15, 0.2) is 0 Å². The average molecular weight is 311 g/mol. The normalized spacial score (nSPS) is 16.5. The molecule has 1 aliphatic carbocycles. The van der Waals surface area contributed by atoms with Crippen molar-refractivity contribution in [2.45, 2.75) is 43.5 Å². The molecule has 0 bridgehead atoms. The molecule has 0 heterocycles. The molecule has 0 atom stereocenters. The Morgan fingerprint density at radius 1 is 1.33 bits per heavy atom. The molecule has 21 heavy (non-hydrogen) atoms. The van der Waals surface area contributed by atoms with Crippen molar-refractivity contribution in [3.05, 3.63) is 23.8 Å². The minimum absolute atomic E-state index is 0.153. The molecule has 116 valence electrons. The van der Waals surface area contributed by atoms with E-state index in [9.17, 15) is 13.2 Å². The molecule has 1 saturated carbocycles. The van der Waals surface area contributed by atoms with E-state index in [-0.39, 0.29) is 17.5 Å². The maximum Gasteiger partial charge on any atom is 0.244 e. The molecule has 0 aliphatic heterocycles. The van der Waals surface area contributed by atoms with Crippen LogP contribution < -0.4 is 11.5 Å². The molecule has 2 rings (SSSR count). The summed E-state index contributed by atoms with van der Waals surface area (Å²) in [5, 5.41) is 0. The fourth-order valence-electron chi connectivity index (χ4n) is 2.84. The molecular weight excluding hydrogens is 290 g/mol. The highest BCUT2D eigenvalue weighted by atomic mass is 32.2. The molecule has 1 amide bonds. The maximum absolute atomic E-state index is 12.9. The van der Waals surface area contributed by atoms with Gasteiger partial charge in [0, 0.05) is 11.7 Å². The maximum atomic E-state index is 12.9. The molecule has 1 fully saturated rings. The Morgan fingerprint density at radius 2 is 1.95 bits per heavy atom. The minimum atomic E-state index is -3.75. The van der Waals surface area contributed by atoms with Crippen molar-refractivity contribution in [3.63, 3.8) is 0 Å². The fourth-order valence-corrected chi connectivity index (χ4v) is 4.70. The Balaban J connectivity index is 2.43. The van der Waals surface area contributed by atoms with Crippen LogP contribution in [0.2, 0.25) is 0 Å². The molecule has 0 spiro atoms. The number of benzene rings is 1. The third-order valence-electron chi connectivity index (χ3n) is 3.83. The quantitative estimate of drug-likeness (QED) is 0.791. The van der Waals surface area contributed by atoms with Gasteiger partial charge in [0.1, 0.15) is 0 Å². The lowest BCUT2D eigenvalue weighted by Crippen LogP contribution is -2.44. The van der Waals surface area contributed by atoms with E-state index in [1.165, 1.54) is 10.4 Å².